The van der Waals surface area contributed by atoms with Crippen LogP contribution in [0, 0.1) is 0 Å². The number of ether oxygens (including phenoxy) is 2. The number of carbonyl (C=O) groups excluding carboxylic acids is 2. The molecule has 1 aliphatic rings. The van der Waals surface area contributed by atoms with Gasteiger partial charge >= 0.3 is 0 Å². The van der Waals surface area contributed by atoms with Gasteiger partial charge in [0.05, 0.1) is 16.8 Å². The van der Waals surface area contributed by atoms with Crippen LogP contribution in [-0.2, 0) is 9.59 Å². The largest absolute Gasteiger partial charge is 0.490 e. The van der Waals surface area contributed by atoms with Crippen molar-refractivity contribution in [3.63, 3.8) is 0 Å². The lowest BCUT2D eigenvalue weighted by Gasteiger charge is -2.24. The molecule has 1 saturated heterocycles. The third-order valence-corrected chi connectivity index (χ3v) is 4.55. The molecule has 0 aliphatic carbocycles. The van der Waals surface area contributed by atoms with Crippen molar-refractivity contribution in [2.75, 3.05) is 11.6 Å². The Hall–Kier alpha value is -2.80. The predicted octanol–water partition coefficient (Wildman–Crippen LogP) is 4.49. The fourth-order valence-electron chi connectivity index (χ4n) is 2.82. The van der Waals surface area contributed by atoms with Crippen molar-refractivity contribution in [2.24, 2.45) is 0 Å². The van der Waals surface area contributed by atoms with Crippen LogP contribution in [-0.4, -0.2) is 24.0 Å². The summed E-state index contributed by atoms with van der Waals surface area (Å²) in [6.45, 7) is 8.18. The molecule has 1 aliphatic heterocycles. The summed E-state index contributed by atoms with van der Waals surface area (Å²) < 4.78 is 12.4. The monoisotopic (exact) mass is 458 g/mol. The van der Waals surface area contributed by atoms with Crippen molar-refractivity contribution in [3.05, 3.63) is 58.1 Å². The van der Waals surface area contributed by atoms with Crippen LogP contribution < -0.4 is 19.9 Å². The number of hydrogen-bond donors (Lipinski definition) is 1. The summed E-state index contributed by atoms with van der Waals surface area (Å²) in [6, 6.07) is 12.5. The van der Waals surface area contributed by atoms with Crippen LogP contribution in [0.4, 0.5) is 5.69 Å². The average molecular weight is 459 g/mol. The van der Waals surface area contributed by atoms with Crippen molar-refractivity contribution in [2.45, 2.75) is 33.3 Å². The first-order chi connectivity index (χ1) is 13.7. The summed E-state index contributed by atoms with van der Waals surface area (Å²) in [7, 11) is 0. The Balaban J connectivity index is 1.97. The normalized spacial score (nSPS) is 15.6. The van der Waals surface area contributed by atoms with Gasteiger partial charge in [0.1, 0.15) is 11.2 Å². The number of carbonyl (C=O) groups is 2. The molecule has 7 heteroatoms. The van der Waals surface area contributed by atoms with Crippen LogP contribution in [0.5, 0.6) is 11.5 Å². The van der Waals surface area contributed by atoms with E-state index in [0.29, 0.717) is 33.8 Å². The Morgan fingerprint density at radius 2 is 1.83 bits per heavy atom. The summed E-state index contributed by atoms with van der Waals surface area (Å²) in [6.07, 6.45) is 1.55. The Labute approximate surface area is 178 Å². The number of rotatable bonds is 5. The van der Waals surface area contributed by atoms with Gasteiger partial charge in [0.15, 0.2) is 11.5 Å². The molecule has 0 atom stereocenters. The summed E-state index contributed by atoms with van der Waals surface area (Å²) in [5, 5.41) is 1.24. The zero-order valence-electron chi connectivity index (χ0n) is 16.8. The van der Waals surface area contributed by atoms with E-state index < -0.39 is 17.4 Å². The molecular weight excluding hydrogens is 436 g/mol. The Bertz CT molecular complexity index is 965. The van der Waals surface area contributed by atoms with Crippen LogP contribution in [0.3, 0.4) is 0 Å². The van der Waals surface area contributed by atoms with E-state index in [-0.39, 0.29) is 5.57 Å². The molecule has 2 aromatic rings. The number of halogens is 1. The number of anilines is 1. The maximum atomic E-state index is 12.8. The Morgan fingerprint density at radius 3 is 2.45 bits per heavy atom. The zero-order chi connectivity index (χ0) is 21.2. The number of para-hydroxylation sites is 1. The predicted molar refractivity (Wildman–Crippen MR) is 116 cm³/mol. The molecule has 0 saturated carbocycles. The number of hydrazine groups is 1. The topological polar surface area (TPSA) is 67.9 Å². The van der Waals surface area contributed by atoms with Crippen LogP contribution in [0.15, 0.2) is 52.5 Å². The van der Waals surface area contributed by atoms with Crippen LogP contribution in [0.25, 0.3) is 6.08 Å². The molecule has 0 unspecified atom stereocenters. The molecule has 29 heavy (non-hydrogen) atoms. The summed E-state index contributed by atoms with van der Waals surface area (Å²) in [4.78, 5) is 25.2. The van der Waals surface area contributed by atoms with Crippen molar-refractivity contribution in [1.29, 1.82) is 0 Å². The van der Waals surface area contributed by atoms with Crippen molar-refractivity contribution in [3.8, 4) is 11.5 Å². The van der Waals surface area contributed by atoms with Gasteiger partial charge < -0.3 is 9.47 Å². The highest BCUT2D eigenvalue weighted by molar-refractivity contribution is 9.10. The maximum absolute atomic E-state index is 12.8. The molecule has 1 heterocycles. The van der Waals surface area contributed by atoms with Gasteiger partial charge in [-0.2, -0.15) is 0 Å². The van der Waals surface area contributed by atoms with E-state index in [0.717, 1.165) is 0 Å². The molecule has 2 amide bonds. The van der Waals surface area contributed by atoms with E-state index in [9.17, 15) is 9.59 Å². The van der Waals surface area contributed by atoms with Crippen molar-refractivity contribution < 1.29 is 19.1 Å². The fraction of sp³-hybridized carbons (Fsp3) is 0.273. The van der Waals surface area contributed by atoms with Gasteiger partial charge in [0.2, 0.25) is 0 Å². The summed E-state index contributed by atoms with van der Waals surface area (Å²) in [5.41, 5.74) is 3.48. The van der Waals surface area contributed by atoms with Gasteiger partial charge in [0, 0.05) is 0 Å². The maximum Gasteiger partial charge on any atom is 0.282 e. The molecule has 1 N–H and O–H groups in total. The highest BCUT2D eigenvalue weighted by Gasteiger charge is 2.34. The number of amides is 2. The Morgan fingerprint density at radius 1 is 1.14 bits per heavy atom. The van der Waals surface area contributed by atoms with Gasteiger partial charge in [-0.25, -0.2) is 5.01 Å². The second-order valence-corrected chi connectivity index (χ2v) is 8.31. The van der Waals surface area contributed by atoms with Gasteiger partial charge in [0.25, 0.3) is 11.8 Å². The smallest absolute Gasteiger partial charge is 0.282 e. The number of nitrogens with one attached hydrogen (secondary N) is 1. The molecule has 0 radical (unpaired) electrons. The minimum atomic E-state index is -0.456. The van der Waals surface area contributed by atoms with Crippen LogP contribution >= 0.6 is 15.9 Å². The highest BCUT2D eigenvalue weighted by atomic mass is 79.9. The first-order valence-electron chi connectivity index (χ1n) is 9.27. The van der Waals surface area contributed by atoms with E-state index in [2.05, 4.69) is 21.4 Å². The van der Waals surface area contributed by atoms with Gasteiger partial charge in [-0.05, 0) is 79.5 Å². The number of nitrogens with zero attached hydrogens (tertiary/aromatic N) is 1. The third-order valence-electron chi connectivity index (χ3n) is 3.96. The van der Waals surface area contributed by atoms with Gasteiger partial charge in [-0.3, -0.25) is 15.0 Å². The molecule has 0 aromatic heterocycles. The Kier molecular flexibility index (Phi) is 5.98. The molecule has 1 fully saturated rings. The lowest BCUT2D eigenvalue weighted by molar-refractivity contribution is -0.117. The van der Waals surface area contributed by atoms with Crippen molar-refractivity contribution >= 4 is 39.5 Å². The molecule has 0 spiro atoms. The molecule has 152 valence electrons. The quantitative estimate of drug-likeness (QED) is 0.529. The first kappa shape index (κ1) is 20.9. The van der Waals surface area contributed by atoms with Crippen LogP contribution in [0.2, 0.25) is 0 Å². The molecule has 3 rings (SSSR count). The van der Waals surface area contributed by atoms with E-state index in [1.807, 2.05) is 33.8 Å². The van der Waals surface area contributed by atoms with Crippen molar-refractivity contribution in [1.82, 2.24) is 5.43 Å². The van der Waals surface area contributed by atoms with E-state index >= 15 is 0 Å². The fourth-order valence-corrected chi connectivity index (χ4v) is 3.36. The second kappa shape index (κ2) is 8.29. The minimum absolute atomic E-state index is 0.0488. The molecular formula is C22H23BrN2O4. The minimum Gasteiger partial charge on any atom is -0.490 e. The summed E-state index contributed by atoms with van der Waals surface area (Å²) >= 11 is 3.52. The summed E-state index contributed by atoms with van der Waals surface area (Å²) in [5.74, 6) is 0.247. The van der Waals surface area contributed by atoms with Gasteiger partial charge in [-0.15, -0.1) is 0 Å². The third kappa shape index (κ3) is 4.79. The second-order valence-electron chi connectivity index (χ2n) is 7.45. The number of benzene rings is 2. The molecule has 0 bridgehead atoms. The first-order valence-corrected chi connectivity index (χ1v) is 10.1. The lowest BCUT2D eigenvalue weighted by Crippen LogP contribution is -2.35. The molecule has 6 nitrogen and oxygen atoms in total. The lowest BCUT2D eigenvalue weighted by atomic mass is 10.1. The van der Waals surface area contributed by atoms with E-state index in [1.165, 1.54) is 5.01 Å². The average Bonchev–Trinajstić information content (AvgIpc) is 2.93. The molecule has 2 aromatic carbocycles. The van der Waals surface area contributed by atoms with E-state index in [1.54, 1.807) is 42.5 Å². The number of hydrogen-bond acceptors (Lipinski definition) is 4. The SMILES string of the molecule is CCOc1cc(/C=C2/C(=O)NN(c3ccccc3)C2=O)cc(Br)c1OC(C)(C)C. The standard InChI is InChI=1S/C22H23BrN2O4/c1-5-28-18-13-14(12-17(23)19(18)29-22(2,3)4)11-16-20(26)24-25(21(16)27)15-9-7-6-8-10-15/h6-13H,5H2,1-4H3,(H,24,26)/b16-11-. The highest BCUT2D eigenvalue weighted by Crippen LogP contribution is 2.39. The zero-order valence-corrected chi connectivity index (χ0v) is 18.4. The van der Waals surface area contributed by atoms with Gasteiger partial charge in [-0.1, -0.05) is 18.2 Å². The van der Waals surface area contributed by atoms with Crippen LogP contribution in [0.1, 0.15) is 33.3 Å². The van der Waals surface area contributed by atoms with E-state index in [4.69, 9.17) is 9.47 Å².